The van der Waals surface area contributed by atoms with Crippen LogP contribution in [-0.4, -0.2) is 19.3 Å². The molecule has 0 unspecified atom stereocenters. The molecule has 0 heterocycles. The van der Waals surface area contributed by atoms with E-state index >= 15 is 0 Å². The fourth-order valence-electron chi connectivity index (χ4n) is 3.01. The molecule has 0 aliphatic rings. The second-order valence-corrected chi connectivity index (χ2v) is 8.53. The molecule has 0 aliphatic carbocycles. The molecule has 0 bridgehead atoms. The normalized spacial score (nSPS) is 12.4. The molecule has 0 radical (unpaired) electrons. The molecule has 22 heavy (non-hydrogen) atoms. The van der Waals surface area contributed by atoms with Gasteiger partial charge in [-0.2, -0.15) is 0 Å². The van der Waals surface area contributed by atoms with Crippen molar-refractivity contribution in [2.75, 3.05) is 13.7 Å². The largest absolute Gasteiger partial charge is 0.493 e. The fourth-order valence-corrected chi connectivity index (χ4v) is 3.61. The molecule has 1 rings (SSSR count). The molecule has 1 aromatic rings. The number of benzene rings is 1. The van der Waals surface area contributed by atoms with Crippen LogP contribution in [-0.2, 0) is 6.54 Å². The Morgan fingerprint density at radius 2 is 1.77 bits per heavy atom. The van der Waals surface area contributed by atoms with Gasteiger partial charge >= 0.3 is 0 Å². The van der Waals surface area contributed by atoms with Crippen LogP contribution in [0, 0.1) is 5.41 Å². The molecule has 0 saturated heterocycles. The molecule has 0 spiro atoms. The van der Waals surface area contributed by atoms with Crippen molar-refractivity contribution in [1.29, 1.82) is 0 Å². The number of methoxy groups -OCH3 is 1. The van der Waals surface area contributed by atoms with Gasteiger partial charge in [-0.1, -0.05) is 20.8 Å². The van der Waals surface area contributed by atoms with E-state index in [1.807, 2.05) is 6.92 Å². The Bertz CT molecular complexity index is 493. The van der Waals surface area contributed by atoms with Crippen LogP contribution in [0.2, 0.25) is 0 Å². The quantitative estimate of drug-likeness (QED) is 0.780. The molecule has 2 N–H and O–H groups in total. The summed E-state index contributed by atoms with van der Waals surface area (Å²) in [7, 11) is 1.68. The topological polar surface area (TPSA) is 35.1 Å². The van der Waals surface area contributed by atoms with Crippen molar-refractivity contribution < 1.29 is 14.8 Å². The summed E-state index contributed by atoms with van der Waals surface area (Å²) in [5, 5.41) is 2.40. The number of ether oxygens (including phenoxy) is 2. The van der Waals surface area contributed by atoms with E-state index in [0.29, 0.717) is 12.0 Å². The molecule has 0 aliphatic heterocycles. The van der Waals surface area contributed by atoms with Gasteiger partial charge in [0.15, 0.2) is 11.5 Å². The number of nitrogens with two attached hydrogens (primary N) is 1. The highest BCUT2D eigenvalue weighted by molar-refractivity contribution is 9.10. The average molecular weight is 373 g/mol. The van der Waals surface area contributed by atoms with Crippen molar-refractivity contribution in [3.05, 3.63) is 22.2 Å². The fraction of sp³-hybridized carbons (Fsp3) is 0.667. The summed E-state index contributed by atoms with van der Waals surface area (Å²) in [5.74, 6) is 1.57. The molecule has 1 aromatic carbocycles. The zero-order valence-electron chi connectivity index (χ0n) is 15.0. The van der Waals surface area contributed by atoms with Crippen LogP contribution in [0.3, 0.4) is 0 Å². The second kappa shape index (κ2) is 7.69. The van der Waals surface area contributed by atoms with Crippen molar-refractivity contribution in [3.63, 3.8) is 0 Å². The van der Waals surface area contributed by atoms with Crippen LogP contribution in [0.5, 0.6) is 11.5 Å². The predicted molar refractivity (Wildman–Crippen MR) is 95.6 cm³/mol. The highest BCUT2D eigenvalue weighted by Crippen LogP contribution is 2.36. The highest BCUT2D eigenvalue weighted by atomic mass is 79.9. The molecule has 0 atom stereocenters. The van der Waals surface area contributed by atoms with Crippen molar-refractivity contribution in [3.8, 4) is 11.5 Å². The summed E-state index contributed by atoms with van der Waals surface area (Å²) >= 11 is 3.59. The third kappa shape index (κ3) is 6.17. The lowest BCUT2D eigenvalue weighted by molar-refractivity contribution is -0.737. The predicted octanol–water partition coefficient (Wildman–Crippen LogP) is 4.13. The maximum Gasteiger partial charge on any atom is 0.175 e. The maximum atomic E-state index is 5.64. The van der Waals surface area contributed by atoms with Gasteiger partial charge in [0.1, 0.15) is 6.54 Å². The van der Waals surface area contributed by atoms with E-state index in [1.165, 1.54) is 5.56 Å². The third-order valence-corrected chi connectivity index (χ3v) is 4.04. The van der Waals surface area contributed by atoms with Gasteiger partial charge in [0.05, 0.1) is 23.7 Å². The lowest BCUT2D eigenvalue weighted by Gasteiger charge is -2.30. The Morgan fingerprint density at radius 1 is 1.14 bits per heavy atom. The zero-order chi connectivity index (χ0) is 17.0. The maximum absolute atomic E-state index is 5.64. The van der Waals surface area contributed by atoms with E-state index < -0.39 is 0 Å². The van der Waals surface area contributed by atoms with Gasteiger partial charge in [-0.25, -0.2) is 0 Å². The van der Waals surface area contributed by atoms with Gasteiger partial charge in [-0.05, 0) is 54.2 Å². The molecule has 0 fully saturated rings. The summed E-state index contributed by atoms with van der Waals surface area (Å²) < 4.78 is 12.1. The van der Waals surface area contributed by atoms with E-state index in [-0.39, 0.29) is 5.54 Å². The minimum Gasteiger partial charge on any atom is -0.493 e. The van der Waals surface area contributed by atoms with Gasteiger partial charge in [0, 0.05) is 12.0 Å². The van der Waals surface area contributed by atoms with Crippen molar-refractivity contribution in [1.82, 2.24) is 0 Å². The lowest BCUT2D eigenvalue weighted by Crippen LogP contribution is -2.94. The monoisotopic (exact) mass is 372 g/mol. The Morgan fingerprint density at radius 3 is 2.27 bits per heavy atom. The van der Waals surface area contributed by atoms with Crippen LogP contribution in [0.1, 0.15) is 53.5 Å². The summed E-state index contributed by atoms with van der Waals surface area (Å²) in [5.41, 5.74) is 1.77. The van der Waals surface area contributed by atoms with Gasteiger partial charge in [0.2, 0.25) is 0 Å². The van der Waals surface area contributed by atoms with E-state index in [4.69, 9.17) is 9.47 Å². The molecular weight excluding hydrogens is 342 g/mol. The number of hydrogen-bond acceptors (Lipinski definition) is 2. The first-order chi connectivity index (χ1) is 10.1. The molecule has 3 nitrogen and oxygen atoms in total. The summed E-state index contributed by atoms with van der Waals surface area (Å²) in [6.07, 6.45) is 1.16. The van der Waals surface area contributed by atoms with Crippen molar-refractivity contribution in [2.45, 2.75) is 60.0 Å². The minimum absolute atomic E-state index is 0.205. The van der Waals surface area contributed by atoms with Crippen molar-refractivity contribution in [2.24, 2.45) is 5.41 Å². The third-order valence-electron chi connectivity index (χ3n) is 3.45. The first-order valence-electron chi connectivity index (χ1n) is 7.91. The Labute approximate surface area is 143 Å². The van der Waals surface area contributed by atoms with E-state index in [1.54, 1.807) is 7.11 Å². The molecule has 0 aromatic heterocycles. The Balaban J connectivity index is 2.84. The standard InChI is InChI=1S/C18H30BrNO2/c1-8-22-16-14(19)9-13(10-15(16)21-7)11-20-18(5,6)12-17(2,3)4/h9-10,20H,8,11-12H2,1-7H3/p+1. The first kappa shape index (κ1) is 19.3. The van der Waals surface area contributed by atoms with Crippen LogP contribution in [0.4, 0.5) is 0 Å². The highest BCUT2D eigenvalue weighted by Gasteiger charge is 2.28. The van der Waals surface area contributed by atoms with Crippen LogP contribution in [0.15, 0.2) is 16.6 Å². The summed E-state index contributed by atoms with van der Waals surface area (Å²) in [6.45, 7) is 15.0. The number of quaternary nitrogens is 1. The van der Waals surface area contributed by atoms with Crippen LogP contribution in [0.25, 0.3) is 0 Å². The van der Waals surface area contributed by atoms with E-state index in [2.05, 4.69) is 68.0 Å². The van der Waals surface area contributed by atoms with Crippen LogP contribution < -0.4 is 14.8 Å². The van der Waals surface area contributed by atoms with Gasteiger partial charge in [0.25, 0.3) is 0 Å². The van der Waals surface area contributed by atoms with Gasteiger partial charge in [-0.15, -0.1) is 0 Å². The number of rotatable bonds is 7. The van der Waals surface area contributed by atoms with E-state index in [9.17, 15) is 0 Å². The van der Waals surface area contributed by atoms with Crippen LogP contribution >= 0.6 is 15.9 Å². The smallest absolute Gasteiger partial charge is 0.175 e. The molecule has 0 saturated carbocycles. The van der Waals surface area contributed by atoms with Gasteiger partial charge in [-0.3, -0.25) is 0 Å². The molecule has 4 heteroatoms. The molecular formula is C18H31BrNO2+. The minimum atomic E-state index is 0.205. The van der Waals surface area contributed by atoms with Gasteiger partial charge < -0.3 is 14.8 Å². The number of hydrogen-bond donors (Lipinski definition) is 1. The first-order valence-corrected chi connectivity index (χ1v) is 8.71. The summed E-state index contributed by atoms with van der Waals surface area (Å²) in [4.78, 5) is 0. The molecule has 126 valence electrons. The average Bonchev–Trinajstić information content (AvgIpc) is 2.36. The molecule has 0 amide bonds. The zero-order valence-corrected chi connectivity index (χ0v) is 16.6. The Hall–Kier alpha value is -0.740. The Kier molecular flexibility index (Phi) is 6.75. The lowest BCUT2D eigenvalue weighted by atomic mass is 9.82. The SMILES string of the molecule is CCOc1c(Br)cc(C[NH2+]C(C)(C)CC(C)(C)C)cc1OC. The van der Waals surface area contributed by atoms with E-state index in [0.717, 1.165) is 28.9 Å². The van der Waals surface area contributed by atoms with Crippen molar-refractivity contribution >= 4 is 15.9 Å². The second-order valence-electron chi connectivity index (χ2n) is 7.68. The summed E-state index contributed by atoms with van der Waals surface area (Å²) in [6, 6.07) is 4.19. The number of halogens is 1.